The van der Waals surface area contributed by atoms with Crippen LogP contribution >= 0.6 is 18.9 Å². The van der Waals surface area contributed by atoms with Crippen molar-refractivity contribution in [2.75, 3.05) is 12.4 Å². The highest BCUT2D eigenvalue weighted by Crippen LogP contribution is 2.62. The molecule has 0 aliphatic carbocycles. The Hall–Kier alpha value is -2.47. The Morgan fingerprint density at radius 1 is 1.39 bits per heavy atom. The zero-order chi connectivity index (χ0) is 23.0. The third kappa shape index (κ3) is 4.74. The molecule has 0 saturated heterocycles. The van der Waals surface area contributed by atoms with E-state index in [9.17, 15) is 27.0 Å². The van der Waals surface area contributed by atoms with Crippen LogP contribution in [-0.2, 0) is 20.3 Å². The van der Waals surface area contributed by atoms with Gasteiger partial charge in [-0.2, -0.15) is 19.1 Å². The quantitative estimate of drug-likeness (QED) is 0.268. The second-order valence-corrected chi connectivity index (χ2v) is 10.7. The summed E-state index contributed by atoms with van der Waals surface area (Å²) in [7, 11) is -9.67. The number of alkyl halides is 2. The molecule has 0 bridgehead atoms. The topological polar surface area (TPSA) is 192 Å². The zero-order valence-corrected chi connectivity index (χ0v) is 17.8. The first-order valence-electron chi connectivity index (χ1n) is 8.29. The first kappa shape index (κ1) is 23.2. The molecular weight excluding hydrogens is 479 g/mol. The lowest BCUT2D eigenvalue weighted by atomic mass is 10.1. The first-order valence-corrected chi connectivity index (χ1v) is 12.4. The van der Waals surface area contributed by atoms with Gasteiger partial charge in [-0.3, -0.25) is 9.66 Å². The Balaban J connectivity index is 2.17. The van der Waals surface area contributed by atoms with Gasteiger partial charge >= 0.3 is 13.3 Å². The van der Waals surface area contributed by atoms with E-state index in [4.69, 9.17) is 19.7 Å². The molecule has 0 atom stereocenters. The number of primary sulfonamides is 1. The molecule has 0 saturated carbocycles. The van der Waals surface area contributed by atoms with Gasteiger partial charge in [-0.05, 0) is 18.6 Å². The van der Waals surface area contributed by atoms with Crippen molar-refractivity contribution in [3.8, 4) is 23.2 Å². The fraction of sp³-hybridized carbons (Fsp3) is 0.267. The Bertz CT molecular complexity index is 1310. The van der Waals surface area contributed by atoms with E-state index in [0.717, 1.165) is 0 Å². The molecule has 0 aliphatic heterocycles. The number of nitriles is 1. The van der Waals surface area contributed by atoms with Crippen molar-refractivity contribution >= 4 is 39.0 Å². The minimum atomic E-state index is -5.93. The van der Waals surface area contributed by atoms with Gasteiger partial charge in [-0.1, -0.05) is 0 Å². The lowest BCUT2D eigenvalue weighted by molar-refractivity contribution is 0.0599. The molecule has 3 rings (SSSR count). The summed E-state index contributed by atoms with van der Waals surface area (Å²) in [6.45, 7) is -0.160. The van der Waals surface area contributed by atoms with E-state index < -0.39 is 33.7 Å². The third-order valence-electron chi connectivity index (χ3n) is 4.01. The summed E-state index contributed by atoms with van der Waals surface area (Å²) >= 11 is 0.297. The molecule has 166 valence electrons. The molecule has 2 heterocycles. The molecule has 11 nitrogen and oxygen atoms in total. The van der Waals surface area contributed by atoms with Crippen LogP contribution in [0.3, 0.4) is 0 Å². The van der Waals surface area contributed by atoms with Crippen LogP contribution in [0.1, 0.15) is 16.9 Å². The third-order valence-corrected chi connectivity index (χ3v) is 7.26. The van der Waals surface area contributed by atoms with Crippen LogP contribution < -0.4 is 9.88 Å². The fourth-order valence-electron chi connectivity index (χ4n) is 2.65. The molecular formula is C15H14F2N5O6PS2. The van der Waals surface area contributed by atoms with Crippen LogP contribution in [0.5, 0.6) is 5.75 Å². The Kier molecular flexibility index (Phi) is 6.16. The van der Waals surface area contributed by atoms with Crippen LogP contribution in [0.15, 0.2) is 18.5 Å². The maximum atomic E-state index is 14.4. The number of nitrogens with one attached hydrogen (secondary N) is 1. The van der Waals surface area contributed by atoms with Crippen molar-refractivity contribution in [1.82, 2.24) is 15.2 Å². The number of fused-ring (bicyclic) bond motifs is 1. The van der Waals surface area contributed by atoms with Crippen molar-refractivity contribution in [3.05, 3.63) is 28.9 Å². The largest absolute Gasteiger partial charge is 0.492 e. The molecule has 0 spiro atoms. The summed E-state index contributed by atoms with van der Waals surface area (Å²) in [5.74, 6) is -0.248. The zero-order valence-electron chi connectivity index (χ0n) is 15.3. The number of nitrogens with zero attached hydrogens (tertiary/aromatic N) is 3. The highest BCUT2D eigenvalue weighted by atomic mass is 32.2. The number of aromatic nitrogens is 3. The SMILES string of the molecule is N#Cc1c(C(F)(F)P(=O)(O)O)sc2c(OCCCS(N)(=O)=O)cc(-c3nc[nH]n3)cc12. The fourth-order valence-corrected chi connectivity index (χ4v) is 5.11. The summed E-state index contributed by atoms with van der Waals surface area (Å²) < 4.78 is 67.9. The van der Waals surface area contributed by atoms with Gasteiger partial charge in [0.05, 0.1) is 22.6 Å². The number of aromatic amines is 1. The number of H-pyrrole nitrogens is 1. The standard InChI is InChI=1S/C15H14F2N5O6PS2/c16-15(17,29(23,24)25)13-10(6-18)9-4-8(14-20-7-21-22-14)5-11(12(9)30-13)28-2-1-3-31(19,26)27/h4-5,7H,1-3H2,(H2,19,26,27)(H,20,21,22)(H2,23,24,25). The molecule has 2 aromatic heterocycles. The van der Waals surface area contributed by atoms with Gasteiger partial charge < -0.3 is 14.5 Å². The normalized spacial score (nSPS) is 12.8. The Labute approximate surface area is 177 Å². The number of hydrogen-bond acceptors (Lipinski definition) is 8. The van der Waals surface area contributed by atoms with Crippen molar-refractivity contribution in [1.29, 1.82) is 5.26 Å². The second-order valence-electron chi connectivity index (χ2n) is 6.25. The summed E-state index contributed by atoms with van der Waals surface area (Å²) in [5.41, 5.74) is -4.95. The molecule has 31 heavy (non-hydrogen) atoms. The predicted octanol–water partition coefficient (Wildman–Crippen LogP) is 1.84. The highest BCUT2D eigenvalue weighted by Gasteiger charge is 2.53. The maximum absolute atomic E-state index is 14.4. The predicted molar refractivity (Wildman–Crippen MR) is 106 cm³/mol. The molecule has 16 heteroatoms. The maximum Gasteiger partial charge on any atom is 0.400 e. The lowest BCUT2D eigenvalue weighted by Crippen LogP contribution is -2.18. The van der Waals surface area contributed by atoms with Crippen molar-refractivity contribution < 1.29 is 36.3 Å². The van der Waals surface area contributed by atoms with Crippen LogP contribution in [0.2, 0.25) is 0 Å². The monoisotopic (exact) mass is 493 g/mol. The molecule has 0 aliphatic rings. The number of rotatable bonds is 8. The van der Waals surface area contributed by atoms with E-state index in [1.807, 2.05) is 0 Å². The van der Waals surface area contributed by atoms with Gasteiger partial charge in [0.2, 0.25) is 10.0 Å². The molecule has 5 N–H and O–H groups in total. The average molecular weight is 493 g/mol. The lowest BCUT2D eigenvalue weighted by Gasteiger charge is -2.16. The van der Waals surface area contributed by atoms with E-state index in [1.54, 1.807) is 6.07 Å². The molecule has 0 amide bonds. The van der Waals surface area contributed by atoms with Gasteiger partial charge in [0.15, 0.2) is 5.82 Å². The number of benzene rings is 1. The number of sulfonamides is 1. The number of ether oxygens (including phenoxy) is 1. The molecule has 0 radical (unpaired) electrons. The number of hydrogen-bond donors (Lipinski definition) is 4. The van der Waals surface area contributed by atoms with E-state index in [2.05, 4.69) is 15.2 Å². The van der Waals surface area contributed by atoms with E-state index in [0.29, 0.717) is 11.3 Å². The number of thiophene rings is 1. The molecule has 0 unspecified atom stereocenters. The Morgan fingerprint density at radius 2 is 2.10 bits per heavy atom. The van der Waals surface area contributed by atoms with Gasteiger partial charge in [0, 0.05) is 10.9 Å². The van der Waals surface area contributed by atoms with Gasteiger partial charge in [0.1, 0.15) is 23.0 Å². The van der Waals surface area contributed by atoms with Gasteiger partial charge in [-0.15, -0.1) is 11.3 Å². The molecule has 3 aromatic rings. The van der Waals surface area contributed by atoms with Crippen LogP contribution in [0.4, 0.5) is 8.78 Å². The highest BCUT2D eigenvalue weighted by molar-refractivity contribution is 7.89. The number of halogens is 2. The van der Waals surface area contributed by atoms with E-state index >= 15 is 0 Å². The number of nitrogens with two attached hydrogens (primary N) is 1. The van der Waals surface area contributed by atoms with Crippen LogP contribution in [-0.4, -0.2) is 45.7 Å². The molecule has 0 fully saturated rings. The first-order chi connectivity index (χ1) is 14.3. The molecule has 1 aromatic carbocycles. The van der Waals surface area contributed by atoms with Crippen LogP contribution in [0, 0.1) is 11.3 Å². The minimum Gasteiger partial charge on any atom is -0.492 e. The summed E-state index contributed by atoms with van der Waals surface area (Å²) in [6.07, 6.45) is 1.26. The smallest absolute Gasteiger partial charge is 0.400 e. The summed E-state index contributed by atoms with van der Waals surface area (Å²) in [6, 6.07) is 4.28. The van der Waals surface area contributed by atoms with E-state index in [-0.39, 0.29) is 46.0 Å². The van der Waals surface area contributed by atoms with Crippen molar-refractivity contribution in [2.45, 2.75) is 12.1 Å². The van der Waals surface area contributed by atoms with Gasteiger partial charge in [0.25, 0.3) is 0 Å². The van der Waals surface area contributed by atoms with E-state index in [1.165, 1.54) is 18.5 Å². The minimum absolute atomic E-state index is 0.00676. The second kappa shape index (κ2) is 8.23. The Morgan fingerprint density at radius 3 is 2.65 bits per heavy atom. The summed E-state index contributed by atoms with van der Waals surface area (Å²) in [4.78, 5) is 21.0. The van der Waals surface area contributed by atoms with Crippen LogP contribution in [0.25, 0.3) is 21.5 Å². The van der Waals surface area contributed by atoms with Crippen molar-refractivity contribution in [2.24, 2.45) is 5.14 Å². The average Bonchev–Trinajstić information content (AvgIpc) is 3.30. The summed E-state index contributed by atoms with van der Waals surface area (Å²) in [5, 5.41) is 20.7. The van der Waals surface area contributed by atoms with Crippen molar-refractivity contribution in [3.63, 3.8) is 0 Å². The van der Waals surface area contributed by atoms with Gasteiger partial charge in [-0.25, -0.2) is 18.5 Å².